The average molecular weight is 294 g/mol. The lowest BCUT2D eigenvalue weighted by Gasteiger charge is -2.07. The summed E-state index contributed by atoms with van der Waals surface area (Å²) >= 11 is 1.66. The second kappa shape index (κ2) is 6.02. The van der Waals surface area contributed by atoms with Crippen molar-refractivity contribution in [3.63, 3.8) is 0 Å². The van der Waals surface area contributed by atoms with Crippen LogP contribution < -0.4 is 0 Å². The SMILES string of the molecule is O=C(O)c1cc(SCc2ccccc2)cc2ccccc12. The summed E-state index contributed by atoms with van der Waals surface area (Å²) in [7, 11) is 0. The van der Waals surface area contributed by atoms with Crippen molar-refractivity contribution in [2.45, 2.75) is 10.6 Å². The van der Waals surface area contributed by atoms with E-state index in [1.165, 1.54) is 5.56 Å². The normalized spacial score (nSPS) is 10.7. The highest BCUT2D eigenvalue weighted by Gasteiger charge is 2.10. The summed E-state index contributed by atoms with van der Waals surface area (Å²) in [5.74, 6) is -0.0496. The number of rotatable bonds is 4. The maximum absolute atomic E-state index is 11.4. The molecule has 0 heterocycles. The number of benzene rings is 3. The molecule has 3 heteroatoms. The molecule has 0 aliphatic rings. The van der Waals surface area contributed by atoms with E-state index in [-0.39, 0.29) is 0 Å². The van der Waals surface area contributed by atoms with E-state index in [0.29, 0.717) is 5.56 Å². The molecular weight excluding hydrogens is 280 g/mol. The highest BCUT2D eigenvalue weighted by Crippen LogP contribution is 2.29. The Labute approximate surface area is 127 Å². The maximum Gasteiger partial charge on any atom is 0.336 e. The molecule has 0 saturated heterocycles. The molecule has 0 fully saturated rings. The fraction of sp³-hybridized carbons (Fsp3) is 0.0556. The third-order valence-electron chi connectivity index (χ3n) is 3.31. The number of aromatic carboxylic acids is 1. The molecule has 0 radical (unpaired) electrons. The summed E-state index contributed by atoms with van der Waals surface area (Å²) in [6.07, 6.45) is 0. The Hall–Kier alpha value is -2.26. The van der Waals surface area contributed by atoms with Crippen molar-refractivity contribution in [2.75, 3.05) is 0 Å². The Morgan fingerprint density at radius 3 is 2.43 bits per heavy atom. The van der Waals surface area contributed by atoms with Gasteiger partial charge in [-0.15, -0.1) is 11.8 Å². The first-order chi connectivity index (χ1) is 10.2. The van der Waals surface area contributed by atoms with Crippen LogP contribution in [0.2, 0.25) is 0 Å². The molecule has 3 aromatic carbocycles. The van der Waals surface area contributed by atoms with Gasteiger partial charge in [-0.25, -0.2) is 4.79 Å². The van der Waals surface area contributed by atoms with Crippen molar-refractivity contribution in [2.24, 2.45) is 0 Å². The Balaban J connectivity index is 1.94. The van der Waals surface area contributed by atoms with Gasteiger partial charge in [-0.2, -0.15) is 0 Å². The van der Waals surface area contributed by atoms with Crippen LogP contribution in [0.4, 0.5) is 0 Å². The summed E-state index contributed by atoms with van der Waals surface area (Å²) in [4.78, 5) is 12.4. The summed E-state index contributed by atoms with van der Waals surface area (Å²) in [5.41, 5.74) is 1.59. The molecule has 0 aromatic heterocycles. The number of carbonyl (C=O) groups is 1. The predicted octanol–water partition coefficient (Wildman–Crippen LogP) is 4.83. The highest BCUT2D eigenvalue weighted by molar-refractivity contribution is 7.98. The van der Waals surface area contributed by atoms with Crippen LogP contribution in [-0.2, 0) is 5.75 Å². The standard InChI is InChI=1S/C18H14O2S/c19-18(20)17-11-15(10-14-8-4-5-9-16(14)17)21-12-13-6-2-1-3-7-13/h1-11H,12H2,(H,19,20). The van der Waals surface area contributed by atoms with Crippen LogP contribution in [0.5, 0.6) is 0 Å². The number of fused-ring (bicyclic) bond motifs is 1. The Morgan fingerprint density at radius 2 is 1.67 bits per heavy atom. The first-order valence-electron chi connectivity index (χ1n) is 6.67. The van der Waals surface area contributed by atoms with Gasteiger partial charge in [0.1, 0.15) is 0 Å². The van der Waals surface area contributed by atoms with Crippen LogP contribution in [0.1, 0.15) is 15.9 Å². The van der Waals surface area contributed by atoms with E-state index in [2.05, 4.69) is 18.2 Å². The zero-order valence-corrected chi connectivity index (χ0v) is 12.1. The van der Waals surface area contributed by atoms with Crippen LogP contribution in [-0.4, -0.2) is 11.1 Å². The zero-order chi connectivity index (χ0) is 14.7. The molecule has 0 bridgehead atoms. The van der Waals surface area contributed by atoms with Crippen molar-refractivity contribution >= 4 is 28.5 Å². The molecule has 104 valence electrons. The van der Waals surface area contributed by atoms with Gasteiger partial charge in [-0.3, -0.25) is 0 Å². The van der Waals surface area contributed by atoms with Crippen LogP contribution in [0.3, 0.4) is 0 Å². The fourth-order valence-electron chi connectivity index (χ4n) is 2.28. The molecule has 0 amide bonds. The van der Waals surface area contributed by atoms with E-state index < -0.39 is 5.97 Å². The molecule has 3 rings (SSSR count). The fourth-order valence-corrected chi connectivity index (χ4v) is 3.22. The van der Waals surface area contributed by atoms with E-state index in [9.17, 15) is 9.90 Å². The van der Waals surface area contributed by atoms with E-state index >= 15 is 0 Å². The van der Waals surface area contributed by atoms with E-state index in [4.69, 9.17) is 0 Å². The second-order valence-electron chi connectivity index (χ2n) is 4.77. The van der Waals surface area contributed by atoms with E-state index in [1.807, 2.05) is 42.5 Å². The van der Waals surface area contributed by atoms with Gasteiger partial charge in [0.15, 0.2) is 0 Å². The van der Waals surface area contributed by atoms with Crippen molar-refractivity contribution in [3.8, 4) is 0 Å². The zero-order valence-electron chi connectivity index (χ0n) is 11.3. The molecule has 0 aliphatic carbocycles. The third kappa shape index (κ3) is 3.09. The largest absolute Gasteiger partial charge is 0.478 e. The summed E-state index contributed by atoms with van der Waals surface area (Å²) < 4.78 is 0. The van der Waals surface area contributed by atoms with Crippen LogP contribution >= 0.6 is 11.8 Å². The molecule has 21 heavy (non-hydrogen) atoms. The minimum absolute atomic E-state index is 0.365. The quantitative estimate of drug-likeness (QED) is 0.700. The van der Waals surface area contributed by atoms with Gasteiger partial charge >= 0.3 is 5.97 Å². The molecule has 0 spiro atoms. The van der Waals surface area contributed by atoms with Gasteiger partial charge < -0.3 is 5.11 Å². The number of hydrogen-bond donors (Lipinski definition) is 1. The van der Waals surface area contributed by atoms with Gasteiger partial charge in [-0.05, 0) is 28.5 Å². The van der Waals surface area contributed by atoms with Gasteiger partial charge in [0.05, 0.1) is 5.56 Å². The van der Waals surface area contributed by atoms with Gasteiger partial charge in [-0.1, -0.05) is 54.6 Å². The molecule has 2 nitrogen and oxygen atoms in total. The Bertz CT molecular complexity index is 782. The molecule has 0 saturated carbocycles. The number of hydrogen-bond acceptors (Lipinski definition) is 2. The molecule has 0 atom stereocenters. The molecule has 0 unspecified atom stereocenters. The topological polar surface area (TPSA) is 37.3 Å². The first kappa shape index (κ1) is 13.7. The van der Waals surface area contributed by atoms with Gasteiger partial charge in [0.2, 0.25) is 0 Å². The minimum atomic E-state index is -0.881. The summed E-state index contributed by atoms with van der Waals surface area (Å²) in [6.45, 7) is 0. The first-order valence-corrected chi connectivity index (χ1v) is 7.65. The van der Waals surface area contributed by atoms with Gasteiger partial charge in [0.25, 0.3) is 0 Å². The van der Waals surface area contributed by atoms with Crippen LogP contribution in [0, 0.1) is 0 Å². The lowest BCUT2D eigenvalue weighted by molar-refractivity contribution is 0.0699. The summed E-state index contributed by atoms with van der Waals surface area (Å²) in [6, 6.07) is 21.6. The second-order valence-corrected chi connectivity index (χ2v) is 5.82. The Morgan fingerprint density at radius 1 is 0.952 bits per heavy atom. The van der Waals surface area contributed by atoms with E-state index in [1.54, 1.807) is 17.8 Å². The van der Waals surface area contributed by atoms with Crippen molar-refractivity contribution < 1.29 is 9.90 Å². The minimum Gasteiger partial charge on any atom is -0.478 e. The monoisotopic (exact) mass is 294 g/mol. The maximum atomic E-state index is 11.4. The highest BCUT2D eigenvalue weighted by atomic mass is 32.2. The smallest absolute Gasteiger partial charge is 0.336 e. The lowest BCUT2D eigenvalue weighted by atomic mass is 10.0. The molecular formula is C18H14O2S. The summed E-state index contributed by atoms with van der Waals surface area (Å²) in [5, 5.41) is 11.1. The number of carboxylic acids is 1. The predicted molar refractivity (Wildman–Crippen MR) is 86.9 cm³/mol. The van der Waals surface area contributed by atoms with Gasteiger partial charge in [0, 0.05) is 10.6 Å². The van der Waals surface area contributed by atoms with Crippen molar-refractivity contribution in [1.29, 1.82) is 0 Å². The third-order valence-corrected chi connectivity index (χ3v) is 4.36. The van der Waals surface area contributed by atoms with Crippen molar-refractivity contribution in [3.05, 3.63) is 77.9 Å². The molecule has 1 N–H and O–H groups in total. The average Bonchev–Trinajstić information content (AvgIpc) is 2.53. The van der Waals surface area contributed by atoms with E-state index in [0.717, 1.165) is 21.4 Å². The molecule has 3 aromatic rings. The van der Waals surface area contributed by atoms with Crippen LogP contribution in [0.15, 0.2) is 71.6 Å². The lowest BCUT2D eigenvalue weighted by Crippen LogP contribution is -1.98. The molecule has 0 aliphatic heterocycles. The number of thioether (sulfide) groups is 1. The van der Waals surface area contributed by atoms with Crippen molar-refractivity contribution in [1.82, 2.24) is 0 Å². The van der Waals surface area contributed by atoms with Crippen LogP contribution in [0.25, 0.3) is 10.8 Å². The number of carboxylic acid groups (broad SMARTS) is 1. The Kier molecular flexibility index (Phi) is 3.93.